The van der Waals surface area contributed by atoms with Crippen LogP contribution in [0, 0.1) is 11.8 Å². The van der Waals surface area contributed by atoms with Crippen LogP contribution in [-0.4, -0.2) is 44.9 Å². The maximum Gasteiger partial charge on any atom is 0.303 e. The van der Waals surface area contributed by atoms with E-state index in [0.717, 1.165) is 16.9 Å². The van der Waals surface area contributed by atoms with Gasteiger partial charge >= 0.3 is 5.97 Å². The molecule has 2 unspecified atom stereocenters. The Hall–Kier alpha value is -3.15. The van der Waals surface area contributed by atoms with Gasteiger partial charge < -0.3 is 15.0 Å². The Balaban J connectivity index is 1.54. The summed E-state index contributed by atoms with van der Waals surface area (Å²) in [6.07, 6.45) is 1.44. The standard InChI is InChI=1S/C22H23N3O3/c26-21(27)13-16-10-11-25(22(28)15-6-2-1-3-7-15)14-17(16)12-20-23-18-8-4-5-9-19(18)24-20/h1-9,16-17H,10-14H2,(H,23,24)(H,26,27). The van der Waals surface area contributed by atoms with E-state index in [1.807, 2.05) is 59.5 Å². The van der Waals surface area contributed by atoms with Crippen molar-refractivity contribution in [1.82, 2.24) is 14.9 Å². The summed E-state index contributed by atoms with van der Waals surface area (Å²) in [5, 5.41) is 9.31. The number of carboxylic acid groups (broad SMARTS) is 1. The van der Waals surface area contributed by atoms with E-state index in [9.17, 15) is 14.7 Å². The number of imidazole rings is 1. The molecule has 1 aliphatic rings. The third-order valence-corrected chi connectivity index (χ3v) is 5.53. The maximum atomic E-state index is 12.9. The Morgan fingerprint density at radius 2 is 1.82 bits per heavy atom. The van der Waals surface area contributed by atoms with E-state index >= 15 is 0 Å². The molecule has 2 atom stereocenters. The highest BCUT2D eigenvalue weighted by molar-refractivity contribution is 5.94. The van der Waals surface area contributed by atoms with Gasteiger partial charge in [-0.25, -0.2) is 4.98 Å². The van der Waals surface area contributed by atoms with Gasteiger partial charge in [0, 0.05) is 31.5 Å². The topological polar surface area (TPSA) is 86.3 Å². The fourth-order valence-electron chi connectivity index (χ4n) is 4.10. The number of fused-ring (bicyclic) bond motifs is 1. The molecule has 3 aromatic rings. The summed E-state index contributed by atoms with van der Waals surface area (Å²) >= 11 is 0. The third kappa shape index (κ3) is 3.91. The summed E-state index contributed by atoms with van der Waals surface area (Å²) in [5.74, 6) is 0.144. The number of rotatable bonds is 5. The molecule has 1 fully saturated rings. The molecule has 0 saturated carbocycles. The van der Waals surface area contributed by atoms with Crippen LogP contribution < -0.4 is 0 Å². The molecule has 4 rings (SSSR count). The fourth-order valence-corrected chi connectivity index (χ4v) is 4.10. The number of hydrogen-bond donors (Lipinski definition) is 2. The first-order valence-electron chi connectivity index (χ1n) is 9.60. The highest BCUT2D eigenvalue weighted by Crippen LogP contribution is 2.30. The van der Waals surface area contributed by atoms with Crippen LogP contribution in [0.4, 0.5) is 0 Å². The second-order valence-corrected chi connectivity index (χ2v) is 7.43. The fraction of sp³-hybridized carbons (Fsp3) is 0.318. The van der Waals surface area contributed by atoms with Gasteiger partial charge in [-0.15, -0.1) is 0 Å². The van der Waals surface area contributed by atoms with Crippen molar-refractivity contribution in [2.75, 3.05) is 13.1 Å². The number of likely N-dealkylation sites (tertiary alicyclic amines) is 1. The maximum absolute atomic E-state index is 12.9. The number of aliphatic carboxylic acids is 1. The second-order valence-electron chi connectivity index (χ2n) is 7.43. The number of amides is 1. The number of piperidine rings is 1. The van der Waals surface area contributed by atoms with Crippen LogP contribution in [0.2, 0.25) is 0 Å². The monoisotopic (exact) mass is 377 g/mol. The number of nitrogens with one attached hydrogen (secondary N) is 1. The molecule has 0 bridgehead atoms. The average molecular weight is 377 g/mol. The van der Waals surface area contributed by atoms with Crippen LogP contribution in [0.25, 0.3) is 11.0 Å². The Morgan fingerprint density at radius 1 is 1.07 bits per heavy atom. The van der Waals surface area contributed by atoms with E-state index in [2.05, 4.69) is 9.97 Å². The first-order valence-corrected chi connectivity index (χ1v) is 9.60. The molecule has 0 radical (unpaired) electrons. The van der Waals surface area contributed by atoms with Crippen LogP contribution in [-0.2, 0) is 11.2 Å². The lowest BCUT2D eigenvalue weighted by Crippen LogP contribution is -2.45. The molecule has 1 saturated heterocycles. The number of carbonyl (C=O) groups excluding carboxylic acids is 1. The molecule has 0 spiro atoms. The summed E-state index contributed by atoms with van der Waals surface area (Å²) in [6, 6.07) is 17.1. The van der Waals surface area contributed by atoms with Crippen molar-refractivity contribution in [3.8, 4) is 0 Å². The first-order chi connectivity index (χ1) is 13.6. The van der Waals surface area contributed by atoms with Gasteiger partial charge in [-0.3, -0.25) is 9.59 Å². The number of para-hydroxylation sites is 2. The van der Waals surface area contributed by atoms with Crippen molar-refractivity contribution in [2.24, 2.45) is 11.8 Å². The van der Waals surface area contributed by atoms with Crippen molar-refractivity contribution < 1.29 is 14.7 Å². The number of nitrogens with zero attached hydrogens (tertiary/aromatic N) is 2. The van der Waals surface area contributed by atoms with Crippen molar-refractivity contribution >= 4 is 22.9 Å². The molecule has 2 N–H and O–H groups in total. The predicted octanol–water partition coefficient (Wildman–Crippen LogP) is 3.36. The largest absolute Gasteiger partial charge is 0.481 e. The molecule has 6 heteroatoms. The van der Waals surface area contributed by atoms with E-state index in [-0.39, 0.29) is 24.2 Å². The molecule has 1 aromatic heterocycles. The van der Waals surface area contributed by atoms with Gasteiger partial charge in [-0.2, -0.15) is 0 Å². The van der Waals surface area contributed by atoms with Gasteiger partial charge in [0.2, 0.25) is 0 Å². The number of carboxylic acids is 1. The molecule has 1 amide bonds. The van der Waals surface area contributed by atoms with Crippen LogP contribution in [0.3, 0.4) is 0 Å². The van der Waals surface area contributed by atoms with E-state index < -0.39 is 5.97 Å². The minimum absolute atomic E-state index is 0.00369. The van der Waals surface area contributed by atoms with Gasteiger partial charge in [0.25, 0.3) is 5.91 Å². The molecule has 2 aromatic carbocycles. The number of benzene rings is 2. The van der Waals surface area contributed by atoms with Crippen molar-refractivity contribution in [3.05, 3.63) is 66.0 Å². The number of aromatic amines is 1. The zero-order chi connectivity index (χ0) is 19.5. The summed E-state index contributed by atoms with van der Waals surface area (Å²) < 4.78 is 0. The van der Waals surface area contributed by atoms with Gasteiger partial charge in [-0.05, 0) is 42.5 Å². The van der Waals surface area contributed by atoms with E-state index in [0.29, 0.717) is 31.5 Å². The Morgan fingerprint density at radius 3 is 2.57 bits per heavy atom. The minimum Gasteiger partial charge on any atom is -0.481 e. The lowest BCUT2D eigenvalue weighted by molar-refractivity contribution is -0.139. The Kier molecular flexibility index (Phi) is 5.10. The SMILES string of the molecule is O=C(O)CC1CCN(C(=O)c2ccccc2)CC1Cc1nc2ccccc2[nH]1. The highest BCUT2D eigenvalue weighted by Gasteiger charge is 2.33. The van der Waals surface area contributed by atoms with Crippen LogP contribution >= 0.6 is 0 Å². The quantitative estimate of drug-likeness (QED) is 0.714. The van der Waals surface area contributed by atoms with Crippen LogP contribution in [0.5, 0.6) is 0 Å². The number of carbonyl (C=O) groups is 2. The van der Waals surface area contributed by atoms with E-state index in [1.54, 1.807) is 0 Å². The smallest absolute Gasteiger partial charge is 0.303 e. The normalized spacial score (nSPS) is 19.6. The zero-order valence-electron chi connectivity index (χ0n) is 15.5. The van der Waals surface area contributed by atoms with Gasteiger partial charge in [-0.1, -0.05) is 30.3 Å². The van der Waals surface area contributed by atoms with E-state index in [1.165, 1.54) is 0 Å². The molecule has 0 aliphatic carbocycles. The van der Waals surface area contributed by atoms with Crippen molar-refractivity contribution in [2.45, 2.75) is 19.3 Å². The van der Waals surface area contributed by atoms with Crippen molar-refractivity contribution in [3.63, 3.8) is 0 Å². The zero-order valence-corrected chi connectivity index (χ0v) is 15.5. The summed E-state index contributed by atoms with van der Waals surface area (Å²) in [4.78, 5) is 34.0. The summed E-state index contributed by atoms with van der Waals surface area (Å²) in [6.45, 7) is 1.13. The molecule has 2 heterocycles. The Bertz CT molecular complexity index is 950. The lowest BCUT2D eigenvalue weighted by atomic mass is 9.81. The Labute approximate surface area is 163 Å². The van der Waals surface area contributed by atoms with Gasteiger partial charge in [0.15, 0.2) is 0 Å². The van der Waals surface area contributed by atoms with Gasteiger partial charge in [0.1, 0.15) is 5.82 Å². The number of hydrogen-bond acceptors (Lipinski definition) is 3. The number of H-pyrrole nitrogens is 1. The average Bonchev–Trinajstić information content (AvgIpc) is 3.11. The predicted molar refractivity (Wildman–Crippen MR) is 106 cm³/mol. The van der Waals surface area contributed by atoms with Gasteiger partial charge in [0.05, 0.1) is 11.0 Å². The molecule has 1 aliphatic heterocycles. The molecule has 6 nitrogen and oxygen atoms in total. The summed E-state index contributed by atoms with van der Waals surface area (Å²) in [7, 11) is 0. The first kappa shape index (κ1) is 18.2. The van der Waals surface area contributed by atoms with Crippen LogP contribution in [0.1, 0.15) is 29.0 Å². The lowest BCUT2D eigenvalue weighted by Gasteiger charge is -2.38. The molecule has 144 valence electrons. The van der Waals surface area contributed by atoms with Crippen molar-refractivity contribution in [1.29, 1.82) is 0 Å². The molecular formula is C22H23N3O3. The highest BCUT2D eigenvalue weighted by atomic mass is 16.4. The summed E-state index contributed by atoms with van der Waals surface area (Å²) in [5.41, 5.74) is 2.54. The third-order valence-electron chi connectivity index (χ3n) is 5.53. The minimum atomic E-state index is -0.789. The number of aromatic nitrogens is 2. The molecule has 28 heavy (non-hydrogen) atoms. The van der Waals surface area contributed by atoms with E-state index in [4.69, 9.17) is 0 Å². The van der Waals surface area contributed by atoms with Crippen LogP contribution in [0.15, 0.2) is 54.6 Å². The molecular weight excluding hydrogens is 354 g/mol. The second kappa shape index (κ2) is 7.84.